The minimum Gasteiger partial charge on any atom is -0.494 e. The van der Waals surface area contributed by atoms with Crippen LogP contribution in [0.2, 0.25) is 0 Å². The number of sulfonamides is 1. The van der Waals surface area contributed by atoms with Crippen LogP contribution in [-0.2, 0) is 16.6 Å². The highest BCUT2D eigenvalue weighted by atomic mass is 32.2. The number of nitro groups is 1. The number of ether oxygens (including phenoxy) is 1. The fourth-order valence-corrected chi connectivity index (χ4v) is 3.55. The van der Waals surface area contributed by atoms with Gasteiger partial charge in [-0.3, -0.25) is 10.1 Å². The highest BCUT2D eigenvalue weighted by Crippen LogP contribution is 2.28. The highest BCUT2D eigenvalue weighted by molar-refractivity contribution is 7.89. The Morgan fingerprint density at radius 3 is 2.42 bits per heavy atom. The summed E-state index contributed by atoms with van der Waals surface area (Å²) in [6.07, 6.45) is 0. The molecule has 0 fully saturated rings. The summed E-state index contributed by atoms with van der Waals surface area (Å²) in [5.74, 6) is 0.588. The summed E-state index contributed by atoms with van der Waals surface area (Å²) < 4.78 is 32.0. The number of benzene rings is 2. The van der Waals surface area contributed by atoms with Crippen molar-refractivity contribution < 1.29 is 18.1 Å². The van der Waals surface area contributed by atoms with Crippen LogP contribution in [0.4, 0.5) is 5.69 Å². The van der Waals surface area contributed by atoms with E-state index in [4.69, 9.17) is 4.74 Å². The molecule has 0 bridgehead atoms. The fraction of sp³-hybridized carbons (Fsp3) is 0.250. The molecule has 2 rings (SSSR count). The molecule has 2 aromatic carbocycles. The summed E-state index contributed by atoms with van der Waals surface area (Å²) in [5, 5.41) is 11.1. The predicted molar refractivity (Wildman–Crippen MR) is 89.4 cm³/mol. The molecular weight excluding hydrogens is 332 g/mol. The number of hydrogen-bond acceptors (Lipinski definition) is 5. The Bertz CT molecular complexity index is 836. The molecule has 0 radical (unpaired) electrons. The third-order valence-corrected chi connectivity index (χ3v) is 5.27. The Morgan fingerprint density at radius 1 is 1.12 bits per heavy atom. The smallest absolute Gasteiger partial charge is 0.289 e. The monoisotopic (exact) mass is 350 g/mol. The summed E-state index contributed by atoms with van der Waals surface area (Å²) in [4.78, 5) is 10.1. The standard InChI is InChI=1S/C16H18N2O5S/c1-3-23-15-10-6-4-8-13(15)12-17(2)24(21,22)16-11-7-5-9-14(16)18(19)20/h4-11H,3,12H2,1-2H3. The van der Waals surface area contributed by atoms with Crippen molar-refractivity contribution in [3.05, 3.63) is 64.2 Å². The van der Waals surface area contributed by atoms with Crippen LogP contribution in [0.15, 0.2) is 53.4 Å². The van der Waals surface area contributed by atoms with Crippen LogP contribution in [0.1, 0.15) is 12.5 Å². The van der Waals surface area contributed by atoms with Crippen molar-refractivity contribution in [1.29, 1.82) is 0 Å². The average molecular weight is 350 g/mol. The van der Waals surface area contributed by atoms with Gasteiger partial charge in [-0.1, -0.05) is 30.3 Å². The van der Waals surface area contributed by atoms with Gasteiger partial charge in [0.2, 0.25) is 10.0 Å². The van der Waals surface area contributed by atoms with Crippen LogP contribution in [-0.4, -0.2) is 31.3 Å². The summed E-state index contributed by atoms with van der Waals surface area (Å²) in [5.41, 5.74) is 0.242. The van der Waals surface area contributed by atoms with Gasteiger partial charge >= 0.3 is 0 Å². The second kappa shape index (κ2) is 7.41. The summed E-state index contributed by atoms with van der Waals surface area (Å²) in [7, 11) is -2.62. The second-order valence-corrected chi connectivity index (χ2v) is 7.04. The maximum atomic E-state index is 12.7. The average Bonchev–Trinajstić information content (AvgIpc) is 2.56. The molecule has 0 aliphatic carbocycles. The van der Waals surface area contributed by atoms with Crippen molar-refractivity contribution >= 4 is 15.7 Å². The molecule has 0 atom stereocenters. The number of hydrogen-bond donors (Lipinski definition) is 0. The summed E-state index contributed by atoms with van der Waals surface area (Å²) >= 11 is 0. The first-order valence-corrected chi connectivity index (χ1v) is 8.72. The molecule has 128 valence electrons. The molecule has 0 aliphatic rings. The van der Waals surface area contributed by atoms with E-state index in [2.05, 4.69) is 0 Å². The Balaban J connectivity index is 2.36. The number of para-hydroxylation sites is 2. The van der Waals surface area contributed by atoms with Gasteiger partial charge in [0.1, 0.15) is 5.75 Å². The van der Waals surface area contributed by atoms with Crippen LogP contribution in [0.5, 0.6) is 5.75 Å². The van der Waals surface area contributed by atoms with E-state index in [0.717, 1.165) is 4.31 Å². The normalized spacial score (nSPS) is 11.5. The topological polar surface area (TPSA) is 89.8 Å². The Labute approximate surface area is 140 Å². The highest BCUT2D eigenvalue weighted by Gasteiger charge is 2.29. The first kappa shape index (κ1) is 17.9. The lowest BCUT2D eigenvalue weighted by molar-refractivity contribution is -0.387. The zero-order chi connectivity index (χ0) is 17.7. The number of rotatable bonds is 7. The maximum absolute atomic E-state index is 12.7. The zero-order valence-corrected chi connectivity index (χ0v) is 14.2. The van der Waals surface area contributed by atoms with Crippen LogP contribution in [0.3, 0.4) is 0 Å². The van der Waals surface area contributed by atoms with E-state index < -0.39 is 20.6 Å². The van der Waals surface area contributed by atoms with E-state index in [1.165, 1.54) is 31.3 Å². The van der Waals surface area contributed by atoms with Crippen molar-refractivity contribution in [3.63, 3.8) is 0 Å². The van der Waals surface area contributed by atoms with Gasteiger partial charge in [-0.15, -0.1) is 0 Å². The molecule has 2 aromatic rings. The largest absolute Gasteiger partial charge is 0.494 e. The van der Waals surface area contributed by atoms with Crippen molar-refractivity contribution in [2.75, 3.05) is 13.7 Å². The third kappa shape index (κ3) is 3.72. The second-order valence-electron chi connectivity index (χ2n) is 5.03. The van der Waals surface area contributed by atoms with Crippen molar-refractivity contribution in [2.45, 2.75) is 18.4 Å². The van der Waals surface area contributed by atoms with Crippen LogP contribution < -0.4 is 4.74 Å². The quantitative estimate of drug-likeness (QED) is 0.566. The fourth-order valence-electron chi connectivity index (χ4n) is 2.25. The van der Waals surface area contributed by atoms with E-state index >= 15 is 0 Å². The van der Waals surface area contributed by atoms with Crippen LogP contribution in [0.25, 0.3) is 0 Å². The Hall–Kier alpha value is -2.45. The predicted octanol–water partition coefficient (Wildman–Crippen LogP) is 2.81. The molecule has 0 N–H and O–H groups in total. The first-order chi connectivity index (χ1) is 11.4. The molecule has 0 unspecified atom stereocenters. The zero-order valence-electron chi connectivity index (χ0n) is 13.4. The first-order valence-electron chi connectivity index (χ1n) is 7.28. The molecule has 0 aliphatic heterocycles. The number of nitrogens with zero attached hydrogens (tertiary/aromatic N) is 2. The van der Waals surface area contributed by atoms with Crippen molar-refractivity contribution in [3.8, 4) is 5.75 Å². The minimum absolute atomic E-state index is 0.0462. The Morgan fingerprint density at radius 2 is 1.75 bits per heavy atom. The third-order valence-electron chi connectivity index (χ3n) is 3.42. The van der Waals surface area contributed by atoms with Gasteiger partial charge in [0.25, 0.3) is 5.69 Å². The minimum atomic E-state index is -4.01. The van der Waals surface area contributed by atoms with Gasteiger partial charge < -0.3 is 4.74 Å². The van der Waals surface area contributed by atoms with Gasteiger partial charge in [0.05, 0.1) is 11.5 Å². The van der Waals surface area contributed by atoms with Crippen LogP contribution >= 0.6 is 0 Å². The van der Waals surface area contributed by atoms with Gasteiger partial charge in [0, 0.05) is 25.2 Å². The van der Waals surface area contributed by atoms with Gasteiger partial charge in [-0.25, -0.2) is 8.42 Å². The van der Waals surface area contributed by atoms with Crippen molar-refractivity contribution in [2.24, 2.45) is 0 Å². The lowest BCUT2D eigenvalue weighted by Crippen LogP contribution is -2.27. The van der Waals surface area contributed by atoms with E-state index in [9.17, 15) is 18.5 Å². The summed E-state index contributed by atoms with van der Waals surface area (Å²) in [6, 6.07) is 12.4. The lowest BCUT2D eigenvalue weighted by atomic mass is 10.2. The SMILES string of the molecule is CCOc1ccccc1CN(C)S(=O)(=O)c1ccccc1[N+](=O)[O-]. The lowest BCUT2D eigenvalue weighted by Gasteiger charge is -2.19. The molecule has 0 amide bonds. The molecular formula is C16H18N2O5S. The number of nitro benzene ring substituents is 1. The van der Waals surface area contributed by atoms with Gasteiger partial charge in [0.15, 0.2) is 4.90 Å². The van der Waals surface area contributed by atoms with E-state index in [1.807, 2.05) is 6.92 Å². The van der Waals surface area contributed by atoms with Crippen molar-refractivity contribution in [1.82, 2.24) is 4.31 Å². The van der Waals surface area contributed by atoms with E-state index in [-0.39, 0.29) is 11.4 Å². The molecule has 0 saturated heterocycles. The van der Waals surface area contributed by atoms with E-state index in [0.29, 0.717) is 17.9 Å². The van der Waals surface area contributed by atoms with E-state index in [1.54, 1.807) is 24.3 Å². The summed E-state index contributed by atoms with van der Waals surface area (Å²) in [6.45, 7) is 2.34. The molecule has 0 saturated carbocycles. The maximum Gasteiger partial charge on any atom is 0.289 e. The molecule has 7 nitrogen and oxygen atoms in total. The molecule has 0 spiro atoms. The van der Waals surface area contributed by atoms with Crippen LogP contribution in [0, 0.1) is 10.1 Å². The molecule has 24 heavy (non-hydrogen) atoms. The molecule has 0 heterocycles. The van der Waals surface area contributed by atoms with Gasteiger partial charge in [-0.2, -0.15) is 4.31 Å². The Kier molecular flexibility index (Phi) is 5.53. The molecule has 8 heteroatoms. The molecule has 0 aromatic heterocycles. The van der Waals surface area contributed by atoms with Gasteiger partial charge in [-0.05, 0) is 19.1 Å².